The molecule has 0 aromatic carbocycles. The number of aliphatic carboxylic acids is 1. The molecule has 0 radical (unpaired) electrons. The number of nitrogens with one attached hydrogen (secondary N) is 2. The summed E-state index contributed by atoms with van der Waals surface area (Å²) in [5, 5.41) is 14.6. The third-order valence-electron chi connectivity index (χ3n) is 3.08. The van der Waals surface area contributed by atoms with Crippen molar-refractivity contribution in [3.63, 3.8) is 0 Å². The first-order chi connectivity index (χ1) is 7.54. The number of carboxylic acid groups (broad SMARTS) is 1. The lowest BCUT2D eigenvalue weighted by molar-refractivity contribution is -0.137. The summed E-state index contributed by atoms with van der Waals surface area (Å²) in [6.45, 7) is 4.76. The highest BCUT2D eigenvalue weighted by molar-refractivity contribution is 5.83. The van der Waals surface area contributed by atoms with Gasteiger partial charge in [-0.3, -0.25) is 9.59 Å². The normalized spacial score (nSPS) is 26.4. The molecule has 5 nitrogen and oxygen atoms in total. The van der Waals surface area contributed by atoms with Gasteiger partial charge in [-0.2, -0.15) is 0 Å². The first kappa shape index (κ1) is 13.0. The summed E-state index contributed by atoms with van der Waals surface area (Å²) >= 11 is 0. The maximum Gasteiger partial charge on any atom is 0.305 e. The Morgan fingerprint density at radius 3 is 2.69 bits per heavy atom. The van der Waals surface area contributed by atoms with E-state index in [0.717, 1.165) is 13.0 Å². The molecule has 3 unspecified atom stereocenters. The quantitative estimate of drug-likeness (QED) is 0.634. The zero-order chi connectivity index (χ0) is 12.1. The van der Waals surface area contributed by atoms with Crippen LogP contribution in [0.1, 0.15) is 33.1 Å². The molecule has 16 heavy (non-hydrogen) atoms. The Morgan fingerprint density at radius 2 is 2.25 bits per heavy atom. The zero-order valence-electron chi connectivity index (χ0n) is 9.82. The first-order valence-corrected chi connectivity index (χ1v) is 5.80. The molecule has 1 aliphatic rings. The minimum Gasteiger partial charge on any atom is -0.481 e. The molecule has 1 saturated heterocycles. The molecule has 0 bridgehead atoms. The van der Waals surface area contributed by atoms with E-state index >= 15 is 0 Å². The van der Waals surface area contributed by atoms with Crippen LogP contribution < -0.4 is 10.6 Å². The summed E-state index contributed by atoms with van der Waals surface area (Å²) < 4.78 is 0. The molecule has 3 N–H and O–H groups in total. The van der Waals surface area contributed by atoms with Gasteiger partial charge in [-0.05, 0) is 25.3 Å². The highest BCUT2D eigenvalue weighted by atomic mass is 16.4. The van der Waals surface area contributed by atoms with E-state index in [0.29, 0.717) is 12.3 Å². The summed E-state index contributed by atoms with van der Waals surface area (Å²) in [6, 6.07) is -0.428. The van der Waals surface area contributed by atoms with E-state index in [2.05, 4.69) is 10.6 Å². The van der Waals surface area contributed by atoms with E-state index in [1.54, 1.807) is 0 Å². The number of carboxylic acids is 1. The van der Waals surface area contributed by atoms with Crippen molar-refractivity contribution >= 4 is 11.9 Å². The smallest absolute Gasteiger partial charge is 0.305 e. The third-order valence-corrected chi connectivity index (χ3v) is 3.08. The van der Waals surface area contributed by atoms with Crippen molar-refractivity contribution < 1.29 is 14.7 Å². The molecule has 0 aromatic rings. The Labute approximate surface area is 95.6 Å². The maximum absolute atomic E-state index is 11.8. The van der Waals surface area contributed by atoms with Crippen LogP contribution >= 0.6 is 0 Å². The standard InChI is InChI=1S/C11H20N2O3/c1-3-8(6-9(14)15)13-11(16)10-7(2)4-5-12-10/h7-8,10,12H,3-6H2,1-2H3,(H,13,16)(H,14,15). The minimum atomic E-state index is -0.875. The second-order valence-electron chi connectivity index (χ2n) is 4.41. The van der Waals surface area contributed by atoms with Crippen molar-refractivity contribution in [2.24, 2.45) is 5.92 Å². The number of hydrogen-bond donors (Lipinski definition) is 3. The van der Waals surface area contributed by atoms with Crippen molar-refractivity contribution in [1.29, 1.82) is 0 Å². The molecule has 1 fully saturated rings. The van der Waals surface area contributed by atoms with Crippen LogP contribution in [0.4, 0.5) is 0 Å². The maximum atomic E-state index is 11.8. The van der Waals surface area contributed by atoms with Gasteiger partial charge in [0.2, 0.25) is 5.91 Å². The van der Waals surface area contributed by atoms with Crippen molar-refractivity contribution in [1.82, 2.24) is 10.6 Å². The molecule has 1 heterocycles. The predicted octanol–water partition coefficient (Wildman–Crippen LogP) is 0.354. The monoisotopic (exact) mass is 228 g/mol. The van der Waals surface area contributed by atoms with E-state index in [1.807, 2.05) is 13.8 Å². The van der Waals surface area contributed by atoms with E-state index in [-0.39, 0.29) is 24.4 Å². The van der Waals surface area contributed by atoms with Gasteiger partial charge in [0.25, 0.3) is 0 Å². The van der Waals surface area contributed by atoms with Crippen molar-refractivity contribution in [2.45, 2.75) is 45.2 Å². The Hall–Kier alpha value is -1.10. The second-order valence-corrected chi connectivity index (χ2v) is 4.41. The highest BCUT2D eigenvalue weighted by Crippen LogP contribution is 2.14. The van der Waals surface area contributed by atoms with Gasteiger partial charge in [0.15, 0.2) is 0 Å². The number of hydrogen-bond acceptors (Lipinski definition) is 3. The average molecular weight is 228 g/mol. The molecule has 1 rings (SSSR count). The fraction of sp³-hybridized carbons (Fsp3) is 0.818. The Bertz CT molecular complexity index is 268. The van der Waals surface area contributed by atoms with Crippen LogP contribution in [-0.4, -0.2) is 35.6 Å². The molecule has 1 aliphatic heterocycles. The molecule has 3 atom stereocenters. The van der Waals surface area contributed by atoms with Crippen LogP contribution in [0.2, 0.25) is 0 Å². The van der Waals surface area contributed by atoms with Crippen LogP contribution in [0, 0.1) is 5.92 Å². The van der Waals surface area contributed by atoms with Crippen molar-refractivity contribution in [2.75, 3.05) is 6.54 Å². The van der Waals surface area contributed by atoms with Gasteiger partial charge in [0.1, 0.15) is 0 Å². The molecular formula is C11H20N2O3. The van der Waals surface area contributed by atoms with Gasteiger partial charge in [-0.15, -0.1) is 0 Å². The van der Waals surface area contributed by atoms with Gasteiger partial charge in [-0.25, -0.2) is 0 Å². The SMILES string of the molecule is CCC(CC(=O)O)NC(=O)C1NCCC1C. The topological polar surface area (TPSA) is 78.4 Å². The Morgan fingerprint density at radius 1 is 1.56 bits per heavy atom. The van der Waals surface area contributed by atoms with E-state index < -0.39 is 5.97 Å². The number of carbonyl (C=O) groups is 2. The van der Waals surface area contributed by atoms with Gasteiger partial charge >= 0.3 is 5.97 Å². The fourth-order valence-corrected chi connectivity index (χ4v) is 1.98. The van der Waals surface area contributed by atoms with Crippen LogP contribution in [0.3, 0.4) is 0 Å². The van der Waals surface area contributed by atoms with Crippen LogP contribution in [0.25, 0.3) is 0 Å². The summed E-state index contributed by atoms with van der Waals surface area (Å²) in [6.07, 6.45) is 1.62. The number of rotatable bonds is 5. The summed E-state index contributed by atoms with van der Waals surface area (Å²) in [5.41, 5.74) is 0. The summed E-state index contributed by atoms with van der Waals surface area (Å²) in [7, 11) is 0. The van der Waals surface area contributed by atoms with Gasteiger partial charge in [-0.1, -0.05) is 13.8 Å². The van der Waals surface area contributed by atoms with Crippen LogP contribution in [-0.2, 0) is 9.59 Å². The summed E-state index contributed by atoms with van der Waals surface area (Å²) in [5.74, 6) is -0.625. The number of carbonyl (C=O) groups excluding carboxylic acids is 1. The third kappa shape index (κ3) is 3.48. The molecule has 0 spiro atoms. The molecule has 0 aromatic heterocycles. The van der Waals surface area contributed by atoms with Gasteiger partial charge < -0.3 is 15.7 Å². The molecule has 0 aliphatic carbocycles. The lowest BCUT2D eigenvalue weighted by Gasteiger charge is -2.20. The second kappa shape index (κ2) is 5.84. The predicted molar refractivity (Wildman–Crippen MR) is 60.0 cm³/mol. The first-order valence-electron chi connectivity index (χ1n) is 5.80. The molecular weight excluding hydrogens is 208 g/mol. The lowest BCUT2D eigenvalue weighted by Crippen LogP contribution is -2.47. The highest BCUT2D eigenvalue weighted by Gasteiger charge is 2.30. The molecule has 92 valence electrons. The Kier molecular flexibility index (Phi) is 4.73. The largest absolute Gasteiger partial charge is 0.481 e. The summed E-state index contributed by atoms with van der Waals surface area (Å²) in [4.78, 5) is 22.4. The average Bonchev–Trinajstić information content (AvgIpc) is 2.62. The zero-order valence-corrected chi connectivity index (χ0v) is 9.82. The van der Waals surface area contributed by atoms with Crippen molar-refractivity contribution in [3.05, 3.63) is 0 Å². The number of amides is 1. The Balaban J connectivity index is 2.45. The van der Waals surface area contributed by atoms with Crippen LogP contribution in [0.5, 0.6) is 0 Å². The van der Waals surface area contributed by atoms with Crippen molar-refractivity contribution in [3.8, 4) is 0 Å². The minimum absolute atomic E-state index is 0.0106. The van der Waals surface area contributed by atoms with E-state index in [4.69, 9.17) is 5.11 Å². The lowest BCUT2D eigenvalue weighted by atomic mass is 10.0. The molecule has 0 saturated carbocycles. The van der Waals surface area contributed by atoms with Crippen LogP contribution in [0.15, 0.2) is 0 Å². The van der Waals surface area contributed by atoms with E-state index in [9.17, 15) is 9.59 Å². The fourth-order valence-electron chi connectivity index (χ4n) is 1.98. The molecule has 1 amide bonds. The van der Waals surface area contributed by atoms with E-state index in [1.165, 1.54) is 0 Å². The van der Waals surface area contributed by atoms with Gasteiger partial charge in [0, 0.05) is 6.04 Å². The van der Waals surface area contributed by atoms with Gasteiger partial charge in [0.05, 0.1) is 12.5 Å². The molecule has 5 heteroatoms.